The molecule has 0 saturated carbocycles. The molecular weight excluding hydrogens is 432 g/mol. The Labute approximate surface area is 200 Å². The number of carbonyl (C=O) groups is 3. The number of alkyl carbamates (subject to hydrolysis) is 1. The Bertz CT molecular complexity index is 998. The van der Waals surface area contributed by atoms with E-state index in [9.17, 15) is 19.5 Å². The van der Waals surface area contributed by atoms with E-state index in [-0.39, 0.29) is 18.9 Å². The minimum atomic E-state index is -0.989. The summed E-state index contributed by atoms with van der Waals surface area (Å²) < 4.78 is 5.58. The van der Waals surface area contributed by atoms with Gasteiger partial charge in [0, 0.05) is 12.0 Å². The number of carboxylic acid groups (broad SMARTS) is 1. The Hall–Kier alpha value is -3.35. The van der Waals surface area contributed by atoms with Crippen molar-refractivity contribution in [2.75, 3.05) is 6.61 Å². The van der Waals surface area contributed by atoms with Gasteiger partial charge in [-0.25, -0.2) is 4.79 Å². The molecule has 1 aliphatic carbocycles. The Balaban J connectivity index is 1.65. The Morgan fingerprint density at radius 1 is 0.971 bits per heavy atom. The van der Waals surface area contributed by atoms with Crippen LogP contribution in [0.4, 0.5) is 4.79 Å². The second kappa shape index (κ2) is 10.7. The van der Waals surface area contributed by atoms with Crippen molar-refractivity contribution in [1.29, 1.82) is 0 Å². The largest absolute Gasteiger partial charge is 0.481 e. The highest BCUT2D eigenvalue weighted by molar-refractivity contribution is 5.86. The number of carbonyl (C=O) groups excluding carboxylic acids is 2. The highest BCUT2D eigenvalue weighted by Gasteiger charge is 2.32. The van der Waals surface area contributed by atoms with Gasteiger partial charge >= 0.3 is 12.1 Å². The number of nitrogens with one attached hydrogen (secondary N) is 2. The summed E-state index contributed by atoms with van der Waals surface area (Å²) in [5.74, 6) is -1.47. The van der Waals surface area contributed by atoms with Gasteiger partial charge in [0.25, 0.3) is 0 Å². The van der Waals surface area contributed by atoms with Crippen LogP contribution in [0.2, 0.25) is 0 Å². The molecule has 0 bridgehead atoms. The monoisotopic (exact) mass is 466 g/mol. The molecule has 0 radical (unpaired) electrons. The number of carboxylic acids is 1. The predicted octanol–water partition coefficient (Wildman–Crippen LogP) is 4.70. The van der Waals surface area contributed by atoms with Crippen LogP contribution in [0.5, 0.6) is 0 Å². The second-order valence-electron chi connectivity index (χ2n) is 9.84. The molecule has 3 rings (SSSR count). The first-order chi connectivity index (χ1) is 16.1. The van der Waals surface area contributed by atoms with Crippen LogP contribution in [0, 0.1) is 5.41 Å². The third-order valence-corrected chi connectivity index (χ3v) is 6.27. The molecule has 2 amide bonds. The summed E-state index contributed by atoms with van der Waals surface area (Å²) >= 11 is 0. The van der Waals surface area contributed by atoms with Crippen LogP contribution >= 0.6 is 0 Å². The number of hydrogen-bond donors (Lipinski definition) is 3. The molecule has 34 heavy (non-hydrogen) atoms. The van der Waals surface area contributed by atoms with Crippen molar-refractivity contribution in [2.24, 2.45) is 5.41 Å². The topological polar surface area (TPSA) is 105 Å². The molecule has 7 heteroatoms. The third-order valence-electron chi connectivity index (χ3n) is 6.27. The standard InChI is InChI=1S/C27H34N2O5/c1-5-10-22(25(32)29-23(15-24(30)31)27(2,3)4)28-26(33)34-16-21-19-13-8-6-11-17(19)18-12-7-9-14-20(18)21/h6-9,11-14,21-23H,5,10,15-16H2,1-4H3,(H,28,33)(H,29,32)(H,30,31)/t22-,23?/m0/s1. The van der Waals surface area contributed by atoms with Gasteiger partial charge in [-0.1, -0.05) is 82.6 Å². The molecule has 7 nitrogen and oxygen atoms in total. The molecule has 3 N–H and O–H groups in total. The number of rotatable bonds is 9. The van der Waals surface area contributed by atoms with Crippen molar-refractivity contribution in [3.05, 3.63) is 59.7 Å². The van der Waals surface area contributed by atoms with Gasteiger partial charge in [-0.15, -0.1) is 0 Å². The zero-order valence-corrected chi connectivity index (χ0v) is 20.3. The van der Waals surface area contributed by atoms with E-state index in [2.05, 4.69) is 22.8 Å². The number of fused-ring (bicyclic) bond motifs is 3. The van der Waals surface area contributed by atoms with Gasteiger partial charge in [0.1, 0.15) is 12.6 Å². The summed E-state index contributed by atoms with van der Waals surface area (Å²) in [5.41, 5.74) is 4.06. The first-order valence-electron chi connectivity index (χ1n) is 11.8. The molecule has 2 aromatic carbocycles. The molecule has 0 fully saturated rings. The zero-order valence-electron chi connectivity index (χ0n) is 20.3. The lowest BCUT2D eigenvalue weighted by atomic mass is 9.84. The fourth-order valence-corrected chi connectivity index (χ4v) is 4.36. The first-order valence-corrected chi connectivity index (χ1v) is 11.8. The van der Waals surface area contributed by atoms with Crippen molar-refractivity contribution in [1.82, 2.24) is 10.6 Å². The first kappa shape index (κ1) is 25.3. The van der Waals surface area contributed by atoms with Crippen LogP contribution in [0.25, 0.3) is 11.1 Å². The fourth-order valence-electron chi connectivity index (χ4n) is 4.36. The highest BCUT2D eigenvalue weighted by Crippen LogP contribution is 2.44. The average Bonchev–Trinajstić information content (AvgIpc) is 3.10. The van der Waals surface area contributed by atoms with Gasteiger partial charge in [0.2, 0.25) is 5.91 Å². The number of hydrogen-bond acceptors (Lipinski definition) is 4. The third kappa shape index (κ3) is 5.95. The Kier molecular flexibility index (Phi) is 7.97. The Morgan fingerprint density at radius 2 is 1.53 bits per heavy atom. The lowest BCUT2D eigenvalue weighted by molar-refractivity contribution is -0.138. The minimum Gasteiger partial charge on any atom is -0.481 e. The van der Waals surface area contributed by atoms with Crippen LogP contribution in [0.1, 0.15) is 64.0 Å². The summed E-state index contributed by atoms with van der Waals surface area (Å²) in [7, 11) is 0. The number of amides is 2. The maximum Gasteiger partial charge on any atom is 0.407 e. The average molecular weight is 467 g/mol. The van der Waals surface area contributed by atoms with Crippen molar-refractivity contribution < 1.29 is 24.2 Å². The summed E-state index contributed by atoms with van der Waals surface area (Å²) in [5, 5.41) is 14.7. The van der Waals surface area contributed by atoms with Gasteiger partial charge in [0.15, 0.2) is 0 Å². The molecule has 182 valence electrons. The minimum absolute atomic E-state index is 0.0718. The summed E-state index contributed by atoms with van der Waals surface area (Å²) in [4.78, 5) is 36.8. The normalized spacial score (nSPS) is 14.5. The Morgan fingerprint density at radius 3 is 2.03 bits per heavy atom. The lowest BCUT2D eigenvalue weighted by Crippen LogP contribution is -2.53. The maximum absolute atomic E-state index is 12.9. The van der Waals surface area contributed by atoms with Crippen molar-refractivity contribution in [3.63, 3.8) is 0 Å². The molecule has 0 aliphatic heterocycles. The fraction of sp³-hybridized carbons (Fsp3) is 0.444. The van der Waals surface area contributed by atoms with Crippen molar-refractivity contribution >= 4 is 18.0 Å². The van der Waals surface area contributed by atoms with Crippen LogP contribution in [-0.4, -0.2) is 41.8 Å². The van der Waals surface area contributed by atoms with E-state index in [4.69, 9.17) is 4.74 Å². The van der Waals surface area contributed by atoms with Crippen LogP contribution in [-0.2, 0) is 14.3 Å². The molecule has 2 atom stereocenters. The molecular formula is C27H34N2O5. The summed E-state index contributed by atoms with van der Waals surface area (Å²) in [6.45, 7) is 7.68. The van der Waals surface area contributed by atoms with Gasteiger partial charge in [-0.05, 0) is 34.1 Å². The van der Waals surface area contributed by atoms with Crippen LogP contribution < -0.4 is 10.6 Å². The van der Waals surface area contributed by atoms with E-state index in [1.54, 1.807) is 0 Å². The smallest absolute Gasteiger partial charge is 0.407 e. The van der Waals surface area contributed by atoms with Gasteiger partial charge in [-0.2, -0.15) is 0 Å². The second-order valence-corrected chi connectivity index (χ2v) is 9.84. The predicted molar refractivity (Wildman–Crippen MR) is 131 cm³/mol. The molecule has 1 unspecified atom stereocenters. The van der Waals surface area contributed by atoms with E-state index < -0.39 is 35.5 Å². The summed E-state index contributed by atoms with van der Waals surface area (Å²) in [6, 6.07) is 14.8. The van der Waals surface area contributed by atoms with E-state index >= 15 is 0 Å². The zero-order chi connectivity index (χ0) is 24.9. The quantitative estimate of drug-likeness (QED) is 0.497. The van der Waals surface area contributed by atoms with Crippen molar-refractivity contribution in [3.8, 4) is 11.1 Å². The lowest BCUT2D eigenvalue weighted by Gasteiger charge is -2.32. The van der Waals surface area contributed by atoms with Gasteiger partial charge in [-0.3, -0.25) is 9.59 Å². The van der Waals surface area contributed by atoms with Crippen LogP contribution in [0.15, 0.2) is 48.5 Å². The highest BCUT2D eigenvalue weighted by atomic mass is 16.5. The maximum atomic E-state index is 12.9. The molecule has 0 spiro atoms. The van der Waals surface area contributed by atoms with E-state index in [0.717, 1.165) is 22.3 Å². The number of ether oxygens (including phenoxy) is 1. The van der Waals surface area contributed by atoms with Crippen molar-refractivity contribution in [2.45, 2.75) is 65.0 Å². The molecule has 2 aromatic rings. The van der Waals surface area contributed by atoms with E-state index in [1.165, 1.54) is 0 Å². The van der Waals surface area contributed by atoms with E-state index in [0.29, 0.717) is 12.8 Å². The van der Waals surface area contributed by atoms with Crippen LogP contribution in [0.3, 0.4) is 0 Å². The summed E-state index contributed by atoms with van der Waals surface area (Å²) in [6.07, 6.45) is 0.223. The van der Waals surface area contributed by atoms with Gasteiger partial charge in [0.05, 0.1) is 6.42 Å². The number of benzene rings is 2. The molecule has 0 aromatic heterocycles. The molecule has 1 aliphatic rings. The van der Waals surface area contributed by atoms with Gasteiger partial charge < -0.3 is 20.5 Å². The van der Waals surface area contributed by atoms with E-state index in [1.807, 2.05) is 64.1 Å². The SMILES string of the molecule is CCC[C@H](NC(=O)OCC1c2ccccc2-c2ccccc21)C(=O)NC(CC(=O)O)C(C)(C)C. The number of aliphatic carboxylic acids is 1. The molecule has 0 saturated heterocycles. The molecule has 0 heterocycles.